The van der Waals surface area contributed by atoms with Gasteiger partial charge < -0.3 is 10.6 Å². The van der Waals surface area contributed by atoms with E-state index in [1.54, 1.807) is 18.2 Å². The molecule has 36 heavy (non-hydrogen) atoms. The van der Waals surface area contributed by atoms with Gasteiger partial charge in [-0.15, -0.1) is 11.3 Å². The zero-order valence-corrected chi connectivity index (χ0v) is 22.6. The Hall–Kier alpha value is -2.68. The number of hydrogen-bond acceptors (Lipinski definition) is 5. The Balaban J connectivity index is 1.43. The van der Waals surface area contributed by atoms with Gasteiger partial charge in [0.1, 0.15) is 4.21 Å². The SMILES string of the molecule is CC(=O)Nc1cccc(-c2ccc(S(=O)(=O)Nc3ccccc3CN[C@@H](C)CC3CCCCC3)s2)c1. The van der Waals surface area contributed by atoms with Crippen molar-refractivity contribution in [2.45, 2.75) is 69.2 Å². The van der Waals surface area contributed by atoms with Gasteiger partial charge in [-0.05, 0) is 60.7 Å². The molecule has 0 bridgehead atoms. The molecule has 0 saturated heterocycles. The van der Waals surface area contributed by atoms with Crippen LogP contribution in [0.2, 0.25) is 0 Å². The quantitative estimate of drug-likeness (QED) is 0.277. The highest BCUT2D eigenvalue weighted by Crippen LogP contribution is 2.33. The van der Waals surface area contributed by atoms with Crippen molar-refractivity contribution in [1.82, 2.24) is 5.32 Å². The van der Waals surface area contributed by atoms with Crippen LogP contribution in [0.5, 0.6) is 0 Å². The van der Waals surface area contributed by atoms with E-state index in [9.17, 15) is 13.2 Å². The molecule has 1 aromatic heterocycles. The fourth-order valence-corrected chi connectivity index (χ4v) is 7.24. The maximum absolute atomic E-state index is 13.2. The van der Waals surface area contributed by atoms with Crippen LogP contribution in [0.3, 0.4) is 0 Å². The minimum absolute atomic E-state index is 0.151. The molecule has 1 atom stereocenters. The zero-order chi connectivity index (χ0) is 25.5. The Kier molecular flexibility index (Phi) is 8.82. The van der Waals surface area contributed by atoms with E-state index in [0.717, 1.165) is 28.3 Å². The molecule has 1 amide bonds. The second-order valence-electron chi connectivity index (χ2n) is 9.67. The van der Waals surface area contributed by atoms with Gasteiger partial charge in [0, 0.05) is 30.1 Å². The van der Waals surface area contributed by atoms with Crippen molar-refractivity contribution in [3.05, 3.63) is 66.2 Å². The molecule has 3 N–H and O–H groups in total. The number of para-hydroxylation sites is 1. The lowest BCUT2D eigenvalue weighted by atomic mass is 9.85. The molecule has 2 aromatic carbocycles. The molecule has 1 saturated carbocycles. The number of hydrogen-bond donors (Lipinski definition) is 3. The number of carbonyl (C=O) groups is 1. The summed E-state index contributed by atoms with van der Waals surface area (Å²) in [5.74, 6) is 0.643. The zero-order valence-electron chi connectivity index (χ0n) is 20.9. The van der Waals surface area contributed by atoms with Gasteiger partial charge in [0.25, 0.3) is 10.0 Å². The smallest absolute Gasteiger partial charge is 0.271 e. The van der Waals surface area contributed by atoms with Crippen molar-refractivity contribution < 1.29 is 13.2 Å². The average molecular weight is 526 g/mol. The van der Waals surface area contributed by atoms with Crippen molar-refractivity contribution in [2.75, 3.05) is 10.0 Å². The molecule has 8 heteroatoms. The third-order valence-electron chi connectivity index (χ3n) is 6.63. The highest BCUT2D eigenvalue weighted by molar-refractivity contribution is 7.94. The molecule has 6 nitrogen and oxygen atoms in total. The Morgan fingerprint density at radius 1 is 1.03 bits per heavy atom. The summed E-state index contributed by atoms with van der Waals surface area (Å²) in [6.45, 7) is 4.28. The average Bonchev–Trinajstić information content (AvgIpc) is 3.35. The second-order valence-corrected chi connectivity index (χ2v) is 12.7. The van der Waals surface area contributed by atoms with Crippen LogP contribution in [0.15, 0.2) is 64.9 Å². The first kappa shape index (κ1) is 26.4. The highest BCUT2D eigenvalue weighted by atomic mass is 32.2. The number of benzene rings is 2. The largest absolute Gasteiger partial charge is 0.326 e. The first-order chi connectivity index (χ1) is 17.3. The van der Waals surface area contributed by atoms with E-state index in [-0.39, 0.29) is 10.1 Å². The van der Waals surface area contributed by atoms with Crippen LogP contribution in [0.4, 0.5) is 11.4 Å². The van der Waals surface area contributed by atoms with Crippen LogP contribution in [-0.4, -0.2) is 20.4 Å². The van der Waals surface area contributed by atoms with Crippen molar-refractivity contribution in [3.8, 4) is 10.4 Å². The van der Waals surface area contributed by atoms with Gasteiger partial charge in [-0.2, -0.15) is 0 Å². The van der Waals surface area contributed by atoms with Crippen LogP contribution in [0.1, 0.15) is 57.9 Å². The molecule has 0 spiro atoms. The predicted molar refractivity (Wildman–Crippen MR) is 149 cm³/mol. The summed E-state index contributed by atoms with van der Waals surface area (Å²) in [4.78, 5) is 12.2. The van der Waals surface area contributed by atoms with E-state index in [0.29, 0.717) is 24.0 Å². The molecule has 1 heterocycles. The minimum atomic E-state index is -3.74. The Morgan fingerprint density at radius 3 is 2.58 bits per heavy atom. The van der Waals surface area contributed by atoms with E-state index in [2.05, 4.69) is 22.3 Å². The predicted octanol–water partition coefficient (Wildman–Crippen LogP) is 6.62. The Labute approximate surface area is 218 Å². The number of rotatable bonds is 10. The van der Waals surface area contributed by atoms with Gasteiger partial charge in [0.05, 0.1) is 5.69 Å². The van der Waals surface area contributed by atoms with Crippen LogP contribution in [0.25, 0.3) is 10.4 Å². The summed E-state index contributed by atoms with van der Waals surface area (Å²) >= 11 is 1.20. The van der Waals surface area contributed by atoms with E-state index in [4.69, 9.17) is 0 Å². The fraction of sp³-hybridized carbons (Fsp3) is 0.393. The summed E-state index contributed by atoms with van der Waals surface area (Å²) in [6, 6.07) is 18.7. The van der Waals surface area contributed by atoms with Crippen molar-refractivity contribution >= 4 is 38.6 Å². The third kappa shape index (κ3) is 7.18. The summed E-state index contributed by atoms with van der Waals surface area (Å²) in [6.07, 6.45) is 7.85. The van der Waals surface area contributed by atoms with Gasteiger partial charge >= 0.3 is 0 Å². The topological polar surface area (TPSA) is 87.3 Å². The molecule has 0 aliphatic heterocycles. The lowest BCUT2D eigenvalue weighted by Crippen LogP contribution is -2.29. The van der Waals surface area contributed by atoms with Gasteiger partial charge in [-0.25, -0.2) is 8.42 Å². The molecule has 1 aliphatic rings. The molecule has 0 radical (unpaired) electrons. The number of sulfonamides is 1. The summed E-state index contributed by atoms with van der Waals surface area (Å²) in [7, 11) is -3.74. The van der Waals surface area contributed by atoms with E-state index < -0.39 is 10.0 Å². The van der Waals surface area contributed by atoms with E-state index in [1.807, 2.05) is 42.5 Å². The maximum atomic E-state index is 13.2. The number of thiophene rings is 1. The van der Waals surface area contributed by atoms with Gasteiger partial charge in [-0.1, -0.05) is 62.4 Å². The number of carbonyl (C=O) groups excluding carboxylic acids is 1. The van der Waals surface area contributed by atoms with Gasteiger partial charge in [0.2, 0.25) is 5.91 Å². The molecule has 1 fully saturated rings. The van der Waals surface area contributed by atoms with Crippen molar-refractivity contribution in [1.29, 1.82) is 0 Å². The standard InChI is InChI=1S/C28H35N3O3S2/c1-20(17-22-9-4-3-5-10-22)29-19-24-11-6-7-14-26(24)31-36(33,34)28-16-15-27(35-28)23-12-8-13-25(18-23)30-21(2)32/h6-8,11-16,18,20,22,29,31H,3-5,9-10,17,19H2,1-2H3,(H,30,32)/t20-/m0/s1. The van der Waals surface area contributed by atoms with E-state index >= 15 is 0 Å². The number of amides is 1. The fourth-order valence-electron chi connectivity index (χ4n) is 4.83. The molecular weight excluding hydrogens is 490 g/mol. The molecule has 192 valence electrons. The summed E-state index contributed by atoms with van der Waals surface area (Å²) < 4.78 is 29.5. The van der Waals surface area contributed by atoms with Crippen LogP contribution in [0, 0.1) is 5.92 Å². The number of anilines is 2. The molecule has 3 aromatic rings. The third-order valence-corrected chi connectivity index (χ3v) is 9.62. The van der Waals surface area contributed by atoms with Gasteiger partial charge in [-0.3, -0.25) is 9.52 Å². The molecule has 0 unspecified atom stereocenters. The van der Waals surface area contributed by atoms with Crippen LogP contribution >= 0.6 is 11.3 Å². The monoisotopic (exact) mass is 525 g/mol. The van der Waals surface area contributed by atoms with Crippen molar-refractivity contribution in [2.24, 2.45) is 5.92 Å². The lowest BCUT2D eigenvalue weighted by Gasteiger charge is -2.25. The highest BCUT2D eigenvalue weighted by Gasteiger charge is 2.20. The van der Waals surface area contributed by atoms with E-state index in [1.165, 1.54) is 50.4 Å². The second kappa shape index (κ2) is 12.0. The molecule has 1 aliphatic carbocycles. The van der Waals surface area contributed by atoms with Gasteiger partial charge in [0.15, 0.2) is 0 Å². The summed E-state index contributed by atoms with van der Waals surface area (Å²) in [5, 5.41) is 6.36. The van der Waals surface area contributed by atoms with Crippen LogP contribution in [-0.2, 0) is 21.4 Å². The number of nitrogens with one attached hydrogen (secondary N) is 3. The lowest BCUT2D eigenvalue weighted by molar-refractivity contribution is -0.114. The first-order valence-electron chi connectivity index (χ1n) is 12.6. The van der Waals surface area contributed by atoms with Crippen molar-refractivity contribution in [3.63, 3.8) is 0 Å². The Bertz CT molecular complexity index is 1280. The molecular formula is C28H35N3O3S2. The minimum Gasteiger partial charge on any atom is -0.326 e. The first-order valence-corrected chi connectivity index (χ1v) is 14.9. The maximum Gasteiger partial charge on any atom is 0.271 e. The Morgan fingerprint density at radius 2 is 1.81 bits per heavy atom. The van der Waals surface area contributed by atoms with Crippen LogP contribution < -0.4 is 15.4 Å². The molecule has 4 rings (SSSR count). The summed E-state index contributed by atoms with van der Waals surface area (Å²) in [5.41, 5.74) is 3.05. The normalized spacial score (nSPS) is 15.4.